The van der Waals surface area contributed by atoms with Crippen LogP contribution >= 0.6 is 0 Å². The minimum absolute atomic E-state index is 0.154. The molecule has 2 N–H and O–H groups in total. The SMILES string of the molecule is CCC1OC(OC2C(C)CC(C)C(OCc3ccc(OC)cc3)C2OCCCCCCN)C(C)C(OCc2ccc(OC)cc2)C1OCc1ccc(OC)cc1. The Labute approximate surface area is 335 Å². The van der Waals surface area contributed by atoms with Crippen molar-refractivity contribution in [2.45, 2.75) is 129 Å². The van der Waals surface area contributed by atoms with Crippen molar-refractivity contribution in [2.75, 3.05) is 34.5 Å². The quantitative estimate of drug-likeness (QED) is 0.0998. The molecule has 1 saturated carbocycles. The molecule has 2 fully saturated rings. The zero-order chi connectivity index (χ0) is 39.9. The van der Waals surface area contributed by atoms with Crippen LogP contribution in [0.25, 0.3) is 0 Å². The molecule has 10 nitrogen and oxygen atoms in total. The summed E-state index contributed by atoms with van der Waals surface area (Å²) < 4.78 is 57.4. The number of methoxy groups -OCH3 is 3. The maximum Gasteiger partial charge on any atom is 0.163 e. The fourth-order valence-electron chi connectivity index (χ4n) is 8.04. The fourth-order valence-corrected chi connectivity index (χ4v) is 8.04. The molecular formula is C46H67NO9. The van der Waals surface area contributed by atoms with Crippen LogP contribution in [-0.4, -0.2) is 77.4 Å². The molecule has 0 aromatic heterocycles. The highest BCUT2D eigenvalue weighted by Crippen LogP contribution is 2.40. The van der Waals surface area contributed by atoms with Gasteiger partial charge in [0.05, 0.1) is 65.6 Å². The molecule has 0 bridgehead atoms. The Balaban J connectivity index is 1.36. The number of rotatable bonds is 22. The molecule has 0 radical (unpaired) electrons. The van der Waals surface area contributed by atoms with Gasteiger partial charge in [-0.05, 0) is 97.2 Å². The Kier molecular flexibility index (Phi) is 17.8. The third kappa shape index (κ3) is 12.1. The first kappa shape index (κ1) is 43.9. The number of hydrogen-bond acceptors (Lipinski definition) is 10. The van der Waals surface area contributed by atoms with Crippen molar-refractivity contribution in [3.05, 3.63) is 89.5 Å². The maximum atomic E-state index is 7.18. The van der Waals surface area contributed by atoms with E-state index >= 15 is 0 Å². The summed E-state index contributed by atoms with van der Waals surface area (Å²) >= 11 is 0. The third-order valence-electron chi connectivity index (χ3n) is 11.4. The van der Waals surface area contributed by atoms with Crippen LogP contribution in [0.3, 0.4) is 0 Å². The van der Waals surface area contributed by atoms with Gasteiger partial charge in [-0.2, -0.15) is 0 Å². The van der Waals surface area contributed by atoms with E-state index < -0.39 is 6.29 Å². The van der Waals surface area contributed by atoms with Crippen molar-refractivity contribution in [2.24, 2.45) is 23.5 Å². The first-order valence-electron chi connectivity index (χ1n) is 20.6. The van der Waals surface area contributed by atoms with Gasteiger partial charge in [0.2, 0.25) is 0 Å². The largest absolute Gasteiger partial charge is 0.497 e. The Morgan fingerprint density at radius 2 is 1.02 bits per heavy atom. The van der Waals surface area contributed by atoms with Gasteiger partial charge in [-0.1, -0.05) is 76.9 Å². The lowest BCUT2D eigenvalue weighted by atomic mass is 9.77. The smallest absolute Gasteiger partial charge is 0.163 e. The lowest BCUT2D eigenvalue weighted by Gasteiger charge is -2.49. The van der Waals surface area contributed by atoms with Crippen molar-refractivity contribution in [1.82, 2.24) is 0 Å². The van der Waals surface area contributed by atoms with Gasteiger partial charge in [-0.3, -0.25) is 0 Å². The summed E-state index contributed by atoms with van der Waals surface area (Å²) in [4.78, 5) is 0. The highest BCUT2D eigenvalue weighted by atomic mass is 16.7. The van der Waals surface area contributed by atoms with Gasteiger partial charge in [0.15, 0.2) is 6.29 Å². The molecule has 5 rings (SSSR count). The molecule has 10 atom stereocenters. The zero-order valence-corrected chi connectivity index (χ0v) is 34.7. The van der Waals surface area contributed by atoms with Crippen molar-refractivity contribution in [3.8, 4) is 17.2 Å². The average molecular weight is 778 g/mol. The molecule has 3 aromatic rings. The molecule has 1 saturated heterocycles. The van der Waals surface area contributed by atoms with E-state index in [0.717, 1.165) is 72.5 Å². The molecular weight excluding hydrogens is 711 g/mol. The number of benzene rings is 3. The summed E-state index contributed by atoms with van der Waals surface area (Å²) in [6.45, 7) is 11.5. The number of unbranched alkanes of at least 4 members (excludes halogenated alkanes) is 3. The minimum atomic E-state index is -0.541. The molecule has 1 aliphatic carbocycles. The van der Waals surface area contributed by atoms with Crippen LogP contribution < -0.4 is 19.9 Å². The van der Waals surface area contributed by atoms with Crippen molar-refractivity contribution in [1.29, 1.82) is 0 Å². The van der Waals surface area contributed by atoms with Crippen LogP contribution in [0, 0.1) is 17.8 Å². The van der Waals surface area contributed by atoms with E-state index in [0.29, 0.717) is 33.0 Å². The molecule has 56 heavy (non-hydrogen) atoms. The van der Waals surface area contributed by atoms with E-state index in [9.17, 15) is 0 Å². The normalized spacial score (nSPS) is 27.9. The first-order chi connectivity index (χ1) is 27.3. The molecule has 2 aliphatic rings. The molecule has 1 aliphatic heterocycles. The van der Waals surface area contributed by atoms with Crippen molar-refractivity contribution in [3.63, 3.8) is 0 Å². The van der Waals surface area contributed by atoms with E-state index in [1.165, 1.54) is 0 Å². The summed E-state index contributed by atoms with van der Waals surface area (Å²) in [5, 5.41) is 0. The highest BCUT2D eigenvalue weighted by molar-refractivity contribution is 5.28. The summed E-state index contributed by atoms with van der Waals surface area (Å²) in [6.07, 6.45) is 3.72. The summed E-state index contributed by atoms with van der Waals surface area (Å²) in [5.74, 6) is 2.78. The van der Waals surface area contributed by atoms with Gasteiger partial charge in [0, 0.05) is 12.5 Å². The first-order valence-corrected chi connectivity index (χ1v) is 20.6. The molecule has 0 amide bonds. The molecule has 3 aromatic carbocycles. The lowest BCUT2D eigenvalue weighted by Crippen LogP contribution is -2.59. The van der Waals surface area contributed by atoms with Gasteiger partial charge >= 0.3 is 0 Å². The van der Waals surface area contributed by atoms with Crippen LogP contribution in [0.4, 0.5) is 0 Å². The highest BCUT2D eigenvalue weighted by Gasteiger charge is 2.50. The number of ether oxygens (including phenoxy) is 9. The summed E-state index contributed by atoms with van der Waals surface area (Å²) in [6, 6.07) is 24.0. The van der Waals surface area contributed by atoms with Gasteiger partial charge in [-0.25, -0.2) is 0 Å². The molecule has 0 spiro atoms. The van der Waals surface area contributed by atoms with E-state index in [1.807, 2.05) is 60.7 Å². The van der Waals surface area contributed by atoms with E-state index in [1.54, 1.807) is 21.3 Å². The van der Waals surface area contributed by atoms with Crippen molar-refractivity contribution < 1.29 is 42.6 Å². The maximum absolute atomic E-state index is 7.18. The van der Waals surface area contributed by atoms with Crippen molar-refractivity contribution >= 4 is 0 Å². The van der Waals surface area contributed by atoms with Crippen LogP contribution in [0.1, 0.15) is 82.9 Å². The summed E-state index contributed by atoms with van der Waals surface area (Å²) in [5.41, 5.74) is 8.95. The monoisotopic (exact) mass is 777 g/mol. The van der Waals surface area contributed by atoms with Gasteiger partial charge in [-0.15, -0.1) is 0 Å². The second kappa shape index (κ2) is 22.6. The van der Waals surface area contributed by atoms with Crippen LogP contribution in [0.15, 0.2) is 72.8 Å². The predicted octanol–water partition coefficient (Wildman–Crippen LogP) is 8.50. The second-order valence-electron chi connectivity index (χ2n) is 15.5. The minimum Gasteiger partial charge on any atom is -0.497 e. The predicted molar refractivity (Wildman–Crippen MR) is 218 cm³/mol. The van der Waals surface area contributed by atoms with Crippen LogP contribution in [0.5, 0.6) is 17.2 Å². The molecule has 10 heteroatoms. The van der Waals surface area contributed by atoms with Gasteiger partial charge in [0.25, 0.3) is 0 Å². The Bertz CT molecular complexity index is 1520. The molecule has 1 heterocycles. The topological polar surface area (TPSA) is 109 Å². The fraction of sp³-hybridized carbons (Fsp3) is 0.609. The Morgan fingerprint density at radius 1 is 0.554 bits per heavy atom. The lowest BCUT2D eigenvalue weighted by molar-refractivity contribution is -0.325. The zero-order valence-electron chi connectivity index (χ0n) is 34.7. The molecule has 10 unspecified atom stereocenters. The number of nitrogens with two attached hydrogens (primary N) is 1. The van der Waals surface area contributed by atoms with Gasteiger partial charge in [0.1, 0.15) is 29.5 Å². The molecule has 310 valence electrons. The van der Waals surface area contributed by atoms with Crippen LogP contribution in [-0.2, 0) is 48.2 Å². The third-order valence-corrected chi connectivity index (χ3v) is 11.4. The number of hydrogen-bond donors (Lipinski definition) is 1. The van der Waals surface area contributed by atoms with Crippen LogP contribution in [0.2, 0.25) is 0 Å². The van der Waals surface area contributed by atoms with E-state index in [-0.39, 0.29) is 54.4 Å². The van der Waals surface area contributed by atoms with Gasteiger partial charge < -0.3 is 48.4 Å². The van der Waals surface area contributed by atoms with E-state index in [2.05, 4.69) is 39.8 Å². The Morgan fingerprint density at radius 3 is 1.50 bits per heavy atom. The second-order valence-corrected chi connectivity index (χ2v) is 15.5. The standard InChI is InChI=1S/C46H67NO9/c1-8-40-44(54-30-36-17-23-39(50-7)24-18-36)43(53-29-35-15-21-38(49-6)22-16-35)33(4)46(55-40)56-42-32(3)27-31(2)41(45(42)51-26-12-10-9-11-25-47)52-28-34-13-19-37(48-5)20-14-34/h13-24,31-33,40-46H,8-12,25-30,47H2,1-7H3. The van der Waals surface area contributed by atoms with E-state index in [4.69, 9.17) is 48.4 Å². The summed E-state index contributed by atoms with van der Waals surface area (Å²) in [7, 11) is 5.02. The average Bonchev–Trinajstić information content (AvgIpc) is 3.22. The Hall–Kier alpha value is -3.22.